The van der Waals surface area contributed by atoms with Crippen LogP contribution >= 0.6 is 0 Å². The van der Waals surface area contributed by atoms with E-state index >= 15 is 0 Å². The van der Waals surface area contributed by atoms with Gasteiger partial charge in [0.05, 0.1) is 12.2 Å². The summed E-state index contributed by atoms with van der Waals surface area (Å²) in [5.41, 5.74) is 0. The average molecular weight is 1100 g/mol. The van der Waals surface area contributed by atoms with E-state index in [0.717, 1.165) is 116 Å². The summed E-state index contributed by atoms with van der Waals surface area (Å²) in [5.74, 6) is -4.64. The molecule has 21 heteroatoms. The number of unbranched alkanes of at least 4 members (excludes halogenated alkanes) is 16. The standard InChI is InChI=1S/C56H94O21/c1-4-6-8-22-28-40(74-48(61)34-46(59)70-36-42-39(3)50(63)53(66)55(68)76-42)30-24-18-14-10-12-16-20-26-32-44(57)72-38-73-45(58)33-27-21-17-13-11-15-19-25-31-41(29-23-9-7-5-2)75-49(62)35-47(60)71-37-43-51(64)52(65)54(67)56(69)77-43/h18-19,24-25,39-43,50-56,63-69H,4-17,20-23,26-38H2,1-3H3/b24-18-,25-19-/t39?,40-,41+,42?,43?,50?,51?,52?,53?,54?,55?,56?/m1/s1. The molecule has 21 nitrogen and oxygen atoms in total. The molecule has 12 atom stereocenters. The number of aliphatic hydroxyl groups is 7. The molecule has 0 amide bonds. The topological polar surface area (TPSA) is 318 Å². The van der Waals surface area contributed by atoms with E-state index in [9.17, 15) is 64.5 Å². The van der Waals surface area contributed by atoms with Gasteiger partial charge in [0.1, 0.15) is 68.8 Å². The van der Waals surface area contributed by atoms with Gasteiger partial charge in [0.25, 0.3) is 0 Å². The SMILES string of the molecule is CCCCCC[C@@H](C/C=C\CCCCCCCC(=O)OCOC(=O)CCCCCCC/C=C\C[C@@H](CCCCCC)OC(=O)CC(=O)OCC1OC(O)C(O)C(O)C1C)OC(=O)CC(=O)OCC1OC(O)C(O)C(O)C1O. The highest BCUT2D eigenvalue weighted by atomic mass is 16.7. The Kier molecular flexibility index (Phi) is 37.6. The summed E-state index contributed by atoms with van der Waals surface area (Å²) in [6.07, 6.45) is 13.9. The predicted octanol–water partition coefficient (Wildman–Crippen LogP) is 5.89. The first-order valence-corrected chi connectivity index (χ1v) is 28.4. The van der Waals surface area contributed by atoms with Crippen molar-refractivity contribution in [1.29, 1.82) is 0 Å². The number of carbonyl (C=O) groups is 6. The van der Waals surface area contributed by atoms with E-state index in [2.05, 4.69) is 19.9 Å². The Labute approximate surface area is 455 Å². The Morgan fingerprint density at radius 1 is 0.429 bits per heavy atom. The number of rotatable bonds is 42. The molecule has 2 aliphatic heterocycles. The average Bonchev–Trinajstić information content (AvgIpc) is 3.39. The fourth-order valence-electron chi connectivity index (χ4n) is 8.69. The van der Waals surface area contributed by atoms with Crippen molar-refractivity contribution in [2.24, 2.45) is 5.92 Å². The second-order valence-electron chi connectivity index (χ2n) is 20.3. The van der Waals surface area contributed by atoms with Crippen molar-refractivity contribution in [3.8, 4) is 0 Å². The number of carbonyl (C=O) groups excluding carboxylic acids is 6. The van der Waals surface area contributed by atoms with Gasteiger partial charge >= 0.3 is 35.8 Å². The molecule has 0 aromatic carbocycles. The smallest absolute Gasteiger partial charge is 0.317 e. The van der Waals surface area contributed by atoms with Crippen molar-refractivity contribution < 1.29 is 102 Å². The molecule has 2 fully saturated rings. The highest BCUT2D eigenvalue weighted by molar-refractivity contribution is 5.91. The Morgan fingerprint density at radius 3 is 1.30 bits per heavy atom. The van der Waals surface area contributed by atoms with Gasteiger partial charge in [-0.2, -0.15) is 0 Å². The maximum absolute atomic E-state index is 12.6. The minimum atomic E-state index is -1.77. The van der Waals surface area contributed by atoms with Gasteiger partial charge in [-0.15, -0.1) is 0 Å². The molecule has 0 saturated carbocycles. The molecule has 0 radical (unpaired) electrons. The van der Waals surface area contributed by atoms with E-state index < -0.39 is 129 Å². The highest BCUT2D eigenvalue weighted by Crippen LogP contribution is 2.26. The van der Waals surface area contributed by atoms with Crippen molar-refractivity contribution >= 4 is 35.8 Å². The summed E-state index contributed by atoms with van der Waals surface area (Å²) in [7, 11) is 0. The molecule has 444 valence electrons. The minimum absolute atomic E-state index is 0.234. The Morgan fingerprint density at radius 2 is 0.831 bits per heavy atom. The number of hydrogen-bond donors (Lipinski definition) is 7. The lowest BCUT2D eigenvalue weighted by molar-refractivity contribution is -0.287. The molecule has 0 aromatic heterocycles. The number of esters is 6. The van der Waals surface area contributed by atoms with Crippen LogP contribution in [0, 0.1) is 5.92 Å². The summed E-state index contributed by atoms with van der Waals surface area (Å²) in [6, 6.07) is 0. The van der Waals surface area contributed by atoms with Crippen molar-refractivity contribution in [2.45, 2.75) is 268 Å². The molecule has 0 bridgehead atoms. The molecule has 2 heterocycles. The van der Waals surface area contributed by atoms with E-state index in [4.69, 9.17) is 37.9 Å². The number of hydrogen-bond acceptors (Lipinski definition) is 21. The van der Waals surface area contributed by atoms with Crippen molar-refractivity contribution in [3.63, 3.8) is 0 Å². The second-order valence-corrected chi connectivity index (χ2v) is 20.3. The lowest BCUT2D eigenvalue weighted by Crippen LogP contribution is -2.58. The largest absolute Gasteiger partial charge is 0.462 e. The zero-order valence-corrected chi connectivity index (χ0v) is 46.0. The van der Waals surface area contributed by atoms with E-state index in [0.29, 0.717) is 38.5 Å². The molecule has 2 rings (SSSR count). The van der Waals surface area contributed by atoms with E-state index in [-0.39, 0.29) is 25.6 Å². The van der Waals surface area contributed by atoms with Crippen molar-refractivity contribution in [3.05, 3.63) is 24.3 Å². The van der Waals surface area contributed by atoms with Crippen LogP contribution in [-0.2, 0) is 66.7 Å². The monoisotopic (exact) mass is 1100 g/mol. The van der Waals surface area contributed by atoms with Gasteiger partial charge in [-0.1, -0.05) is 122 Å². The first-order chi connectivity index (χ1) is 37.0. The molecule has 7 N–H and O–H groups in total. The van der Waals surface area contributed by atoms with Gasteiger partial charge < -0.3 is 73.6 Å². The van der Waals surface area contributed by atoms with E-state index in [1.54, 1.807) is 6.92 Å². The van der Waals surface area contributed by atoms with Gasteiger partial charge in [0.15, 0.2) is 12.6 Å². The molecule has 0 spiro atoms. The van der Waals surface area contributed by atoms with Gasteiger partial charge in [-0.3, -0.25) is 28.8 Å². The molecule has 2 saturated heterocycles. The summed E-state index contributed by atoms with van der Waals surface area (Å²) >= 11 is 0. The third-order valence-corrected chi connectivity index (χ3v) is 13.6. The predicted molar refractivity (Wildman–Crippen MR) is 279 cm³/mol. The third kappa shape index (κ3) is 31.4. The number of aliphatic hydroxyl groups excluding tert-OH is 7. The van der Waals surface area contributed by atoms with Crippen LogP contribution in [0.15, 0.2) is 24.3 Å². The fourth-order valence-corrected chi connectivity index (χ4v) is 8.69. The van der Waals surface area contributed by atoms with Crippen LogP contribution in [0.1, 0.15) is 201 Å². The molecule has 2 aliphatic rings. The molecule has 77 heavy (non-hydrogen) atoms. The lowest BCUT2D eigenvalue weighted by Gasteiger charge is -2.38. The molecular formula is C56H94O21. The van der Waals surface area contributed by atoms with Gasteiger partial charge in [-0.05, 0) is 64.2 Å². The third-order valence-electron chi connectivity index (χ3n) is 13.6. The van der Waals surface area contributed by atoms with Crippen molar-refractivity contribution in [2.75, 3.05) is 20.0 Å². The van der Waals surface area contributed by atoms with Crippen LogP contribution in [0.25, 0.3) is 0 Å². The maximum Gasteiger partial charge on any atom is 0.317 e. The van der Waals surface area contributed by atoms with Crippen molar-refractivity contribution in [1.82, 2.24) is 0 Å². The number of allylic oxidation sites excluding steroid dienone is 2. The first-order valence-electron chi connectivity index (χ1n) is 28.4. The summed E-state index contributed by atoms with van der Waals surface area (Å²) in [4.78, 5) is 74.2. The minimum Gasteiger partial charge on any atom is -0.462 e. The van der Waals surface area contributed by atoms with Crippen LogP contribution in [0.4, 0.5) is 0 Å². The quantitative estimate of drug-likeness (QED) is 0.00935. The van der Waals surface area contributed by atoms with Gasteiger partial charge in [0, 0.05) is 31.6 Å². The number of ether oxygens (including phenoxy) is 8. The molecular weight excluding hydrogens is 1010 g/mol. The zero-order chi connectivity index (χ0) is 56.8. The summed E-state index contributed by atoms with van der Waals surface area (Å²) in [6.45, 7) is 4.56. The highest BCUT2D eigenvalue weighted by Gasteiger charge is 2.44. The first kappa shape index (κ1) is 69.0. The van der Waals surface area contributed by atoms with Crippen LogP contribution in [-0.4, -0.2) is 159 Å². The van der Waals surface area contributed by atoms with Crippen LogP contribution in [0.5, 0.6) is 0 Å². The van der Waals surface area contributed by atoms with Crippen LogP contribution in [0.3, 0.4) is 0 Å². The molecule has 10 unspecified atom stereocenters. The zero-order valence-electron chi connectivity index (χ0n) is 46.0. The van der Waals surface area contributed by atoms with E-state index in [1.807, 2.05) is 18.2 Å². The molecule has 0 aliphatic carbocycles. The Balaban J connectivity index is 1.50. The van der Waals surface area contributed by atoms with Gasteiger partial charge in [0.2, 0.25) is 6.79 Å². The maximum atomic E-state index is 12.6. The Bertz CT molecular complexity index is 1590. The normalized spacial score (nSPS) is 24.3. The lowest BCUT2D eigenvalue weighted by atomic mass is 9.91. The Hall–Kier alpha value is -4.06. The van der Waals surface area contributed by atoms with E-state index in [1.165, 1.54) is 0 Å². The second kappa shape index (κ2) is 41.9. The van der Waals surface area contributed by atoms with Crippen LogP contribution < -0.4 is 0 Å². The fraction of sp³-hybridized carbons (Fsp3) is 0.821. The molecule has 0 aromatic rings. The summed E-state index contributed by atoms with van der Waals surface area (Å²) < 4.78 is 41.8. The van der Waals surface area contributed by atoms with Crippen LogP contribution in [0.2, 0.25) is 0 Å². The summed E-state index contributed by atoms with van der Waals surface area (Å²) in [5, 5.41) is 68.7. The van der Waals surface area contributed by atoms with Gasteiger partial charge in [-0.25, -0.2) is 0 Å².